The monoisotopic (exact) mass is 661 g/mol. The second kappa shape index (κ2) is 12.5. The number of ether oxygens (including phenoxy) is 3. The lowest BCUT2D eigenvalue weighted by molar-refractivity contribution is -0.121. The Morgan fingerprint density at radius 1 is 1.00 bits per heavy atom. The number of hydrogen-bond donors (Lipinski definition) is 3. The molecule has 2 aromatic rings. The number of anilines is 1. The highest BCUT2D eigenvalue weighted by atomic mass is 79.9. The molecule has 0 fully saturated rings. The minimum absolute atomic E-state index is 0.0259. The van der Waals surface area contributed by atoms with Crippen LogP contribution in [0, 0.1) is 0 Å². The van der Waals surface area contributed by atoms with E-state index in [2.05, 4.69) is 47.8 Å². The Morgan fingerprint density at radius 2 is 1.61 bits per heavy atom. The molecule has 0 heterocycles. The molecule has 13 heteroatoms. The van der Waals surface area contributed by atoms with E-state index in [1.54, 1.807) is 44.6 Å². The van der Waals surface area contributed by atoms with Gasteiger partial charge in [0.05, 0.1) is 33.4 Å². The normalized spacial score (nSPS) is 11.9. The van der Waals surface area contributed by atoms with E-state index in [4.69, 9.17) is 61.2 Å². The fraction of sp³-hybridized carbons (Fsp3) is 0.300. The molecule has 1 amide bonds. The summed E-state index contributed by atoms with van der Waals surface area (Å²) in [4.78, 5) is 12.7. The summed E-state index contributed by atoms with van der Waals surface area (Å²) in [6.45, 7) is 0. The smallest absolute Gasteiger partial charge is 0.228 e. The minimum Gasteiger partial charge on any atom is -0.497 e. The number of nitrogens with one attached hydrogen (secondary N) is 3. The molecule has 1 unspecified atom stereocenters. The Balaban J connectivity index is 2.11. The van der Waals surface area contributed by atoms with Crippen molar-refractivity contribution < 1.29 is 19.0 Å². The predicted octanol–water partition coefficient (Wildman–Crippen LogP) is 5.58. The molecule has 0 aliphatic carbocycles. The number of thiocarbonyl (C=S) groups is 1. The van der Waals surface area contributed by atoms with E-state index in [9.17, 15) is 4.79 Å². The van der Waals surface area contributed by atoms with Crippen molar-refractivity contribution in [1.29, 1.82) is 0 Å². The van der Waals surface area contributed by atoms with E-state index >= 15 is 0 Å². The summed E-state index contributed by atoms with van der Waals surface area (Å²) < 4.78 is 15.2. The molecule has 33 heavy (non-hydrogen) atoms. The van der Waals surface area contributed by atoms with Crippen LogP contribution in [0.4, 0.5) is 5.69 Å². The van der Waals surface area contributed by atoms with Crippen LogP contribution in [0.1, 0.15) is 5.56 Å². The van der Waals surface area contributed by atoms with E-state index in [1.165, 1.54) is 7.11 Å². The van der Waals surface area contributed by atoms with Crippen molar-refractivity contribution in [3.05, 3.63) is 44.8 Å². The molecule has 2 rings (SSSR count). The highest BCUT2D eigenvalue weighted by Crippen LogP contribution is 2.35. The van der Waals surface area contributed by atoms with Gasteiger partial charge >= 0.3 is 0 Å². The summed E-state index contributed by atoms with van der Waals surface area (Å²) in [7, 11) is 4.60. The topological polar surface area (TPSA) is 80.9 Å². The van der Waals surface area contributed by atoms with Crippen LogP contribution in [0.5, 0.6) is 17.2 Å². The molecule has 0 bridgehead atoms. The quantitative estimate of drug-likeness (QED) is 0.193. The van der Waals surface area contributed by atoms with E-state index in [0.29, 0.717) is 37.4 Å². The van der Waals surface area contributed by atoms with Gasteiger partial charge in [-0.2, -0.15) is 0 Å². The van der Waals surface area contributed by atoms with Crippen molar-refractivity contribution in [1.82, 2.24) is 10.6 Å². The molecule has 7 nitrogen and oxygen atoms in total. The zero-order valence-corrected chi connectivity index (χ0v) is 23.9. The number of alkyl halides is 3. The van der Waals surface area contributed by atoms with Crippen LogP contribution in [0.2, 0.25) is 0 Å². The molecular weight excluding hydrogens is 644 g/mol. The van der Waals surface area contributed by atoms with Crippen molar-refractivity contribution in [3.8, 4) is 17.2 Å². The first-order valence-corrected chi connectivity index (χ1v) is 12.3. The molecule has 0 saturated heterocycles. The molecule has 0 saturated carbocycles. The maximum absolute atomic E-state index is 12.7. The van der Waals surface area contributed by atoms with Crippen molar-refractivity contribution in [3.63, 3.8) is 0 Å². The number of halogens is 5. The first-order chi connectivity index (χ1) is 15.5. The Morgan fingerprint density at radius 3 is 2.12 bits per heavy atom. The van der Waals surface area contributed by atoms with Crippen LogP contribution in [-0.4, -0.2) is 42.3 Å². The van der Waals surface area contributed by atoms with Gasteiger partial charge in [0.2, 0.25) is 9.70 Å². The van der Waals surface area contributed by atoms with Crippen LogP contribution in [0.25, 0.3) is 0 Å². The first kappa shape index (κ1) is 28.1. The number of methoxy groups -OCH3 is 3. The molecule has 2 aromatic carbocycles. The number of amides is 1. The van der Waals surface area contributed by atoms with Gasteiger partial charge in [-0.3, -0.25) is 4.79 Å². The largest absolute Gasteiger partial charge is 0.497 e. The maximum atomic E-state index is 12.7. The zero-order valence-electron chi connectivity index (χ0n) is 17.6. The maximum Gasteiger partial charge on any atom is 0.228 e. The highest BCUT2D eigenvalue weighted by Gasteiger charge is 2.35. The van der Waals surface area contributed by atoms with Gasteiger partial charge in [-0.1, -0.05) is 40.9 Å². The Bertz CT molecular complexity index is 1000. The van der Waals surface area contributed by atoms with Crippen molar-refractivity contribution in [2.75, 3.05) is 26.6 Å². The van der Waals surface area contributed by atoms with Crippen molar-refractivity contribution >= 4 is 95.6 Å². The molecule has 0 spiro atoms. The van der Waals surface area contributed by atoms with E-state index in [1.807, 2.05) is 0 Å². The van der Waals surface area contributed by atoms with Gasteiger partial charge in [0.1, 0.15) is 23.4 Å². The summed E-state index contributed by atoms with van der Waals surface area (Å²) in [5.74, 6) is 1.31. The SMILES string of the molecule is COc1cc(Br)c(NC(=S)NC(NC(=O)Cc2ccc(OC)cc2OC)C(Cl)(Cl)Cl)c(Br)c1. The van der Waals surface area contributed by atoms with Crippen LogP contribution >= 0.6 is 78.9 Å². The number of hydrogen-bond acceptors (Lipinski definition) is 5. The van der Waals surface area contributed by atoms with Gasteiger partial charge in [-0.05, 0) is 62.3 Å². The fourth-order valence-electron chi connectivity index (χ4n) is 2.65. The molecule has 0 aliphatic heterocycles. The summed E-state index contributed by atoms with van der Waals surface area (Å²) in [5.41, 5.74) is 1.25. The second-order valence-electron chi connectivity index (χ2n) is 6.46. The van der Waals surface area contributed by atoms with Gasteiger partial charge in [-0.25, -0.2) is 0 Å². The molecule has 1 atom stereocenters. The van der Waals surface area contributed by atoms with E-state index in [-0.39, 0.29) is 11.5 Å². The summed E-state index contributed by atoms with van der Waals surface area (Å²) in [5, 5.41) is 8.57. The fourth-order valence-corrected chi connectivity index (χ4v) is 4.54. The molecular formula is C20H20Br2Cl3N3O4S. The number of carbonyl (C=O) groups excluding carboxylic acids is 1. The van der Waals surface area contributed by atoms with Gasteiger partial charge in [0.15, 0.2) is 5.11 Å². The number of carbonyl (C=O) groups is 1. The summed E-state index contributed by atoms with van der Waals surface area (Å²) in [6.07, 6.45) is -1.16. The average molecular weight is 665 g/mol. The first-order valence-electron chi connectivity index (χ1n) is 9.16. The Labute approximate surface area is 229 Å². The third-order valence-electron chi connectivity index (χ3n) is 4.24. The van der Waals surface area contributed by atoms with Gasteiger partial charge in [-0.15, -0.1) is 0 Å². The van der Waals surface area contributed by atoms with Crippen LogP contribution in [0.3, 0.4) is 0 Å². The van der Waals surface area contributed by atoms with Crippen LogP contribution in [-0.2, 0) is 11.2 Å². The second-order valence-corrected chi connectivity index (χ2v) is 10.9. The number of benzene rings is 2. The summed E-state index contributed by atoms with van der Waals surface area (Å²) >= 11 is 30.5. The lowest BCUT2D eigenvalue weighted by atomic mass is 10.1. The predicted molar refractivity (Wildman–Crippen MR) is 143 cm³/mol. The van der Waals surface area contributed by atoms with Gasteiger partial charge in [0.25, 0.3) is 0 Å². The van der Waals surface area contributed by atoms with Crippen LogP contribution < -0.4 is 30.2 Å². The van der Waals surface area contributed by atoms with Gasteiger partial charge < -0.3 is 30.2 Å². The molecule has 0 aliphatic rings. The Hall–Kier alpha value is -1.17. The van der Waals surface area contributed by atoms with Crippen LogP contribution in [0.15, 0.2) is 39.3 Å². The van der Waals surface area contributed by atoms with Crippen molar-refractivity contribution in [2.24, 2.45) is 0 Å². The van der Waals surface area contributed by atoms with E-state index < -0.39 is 15.9 Å². The minimum atomic E-state index is -1.90. The Kier molecular flexibility index (Phi) is 10.6. The standard InChI is InChI=1S/C20H20Br2Cl3N3O4S/c1-30-11-5-4-10(15(9-11)32-3)6-16(29)26-18(20(23,24)25)28-19(33)27-17-13(21)7-12(31-2)8-14(17)22/h4-5,7-9,18H,6H2,1-3H3,(H,26,29)(H2,27,28,33). The molecule has 180 valence electrons. The lowest BCUT2D eigenvalue weighted by Gasteiger charge is -2.28. The summed E-state index contributed by atoms with van der Waals surface area (Å²) in [6, 6.07) is 8.63. The van der Waals surface area contributed by atoms with E-state index in [0.717, 1.165) is 0 Å². The molecule has 0 radical (unpaired) electrons. The third-order valence-corrected chi connectivity index (χ3v) is 6.37. The molecule has 0 aromatic heterocycles. The molecule has 3 N–H and O–H groups in total. The van der Waals surface area contributed by atoms with Gasteiger partial charge in [0, 0.05) is 20.6 Å². The van der Waals surface area contributed by atoms with Crippen molar-refractivity contribution in [2.45, 2.75) is 16.4 Å². The third kappa shape index (κ3) is 8.22. The average Bonchev–Trinajstić information content (AvgIpc) is 2.75. The highest BCUT2D eigenvalue weighted by molar-refractivity contribution is 9.11. The lowest BCUT2D eigenvalue weighted by Crippen LogP contribution is -2.56. The zero-order chi connectivity index (χ0) is 24.8. The number of rotatable bonds is 8.